The second-order valence-corrected chi connectivity index (χ2v) is 3.20. The molecule has 0 saturated carbocycles. The number of hydrogen-bond donors (Lipinski definition) is 0. The molecule has 1 heterocycles. The van der Waals surface area contributed by atoms with Crippen molar-refractivity contribution >= 4 is 22.6 Å². The molecule has 0 amide bonds. The van der Waals surface area contributed by atoms with Gasteiger partial charge in [0.25, 0.3) is 0 Å². The van der Waals surface area contributed by atoms with Gasteiger partial charge in [0.2, 0.25) is 0 Å². The molecule has 0 atom stereocenters. The van der Waals surface area contributed by atoms with E-state index in [1.54, 1.807) is 6.33 Å². The van der Waals surface area contributed by atoms with E-state index in [1.807, 2.05) is 28.8 Å². The summed E-state index contributed by atoms with van der Waals surface area (Å²) in [7, 11) is 0. The van der Waals surface area contributed by atoms with Gasteiger partial charge < -0.3 is 4.57 Å². The highest BCUT2D eigenvalue weighted by molar-refractivity contribution is 6.34. The molecule has 2 aromatic rings. The van der Waals surface area contributed by atoms with E-state index >= 15 is 0 Å². The second-order valence-electron chi connectivity index (χ2n) is 2.79. The van der Waals surface area contributed by atoms with Crippen LogP contribution in [0.3, 0.4) is 0 Å². The quantitative estimate of drug-likeness (QED) is 0.669. The molecule has 2 rings (SSSR count). The molecule has 0 N–H and O–H groups in total. The van der Waals surface area contributed by atoms with Gasteiger partial charge in [-0.15, -0.1) is 6.58 Å². The third-order valence-corrected chi connectivity index (χ3v) is 2.23. The number of halogens is 1. The van der Waals surface area contributed by atoms with Crippen molar-refractivity contribution in [1.82, 2.24) is 9.55 Å². The number of para-hydroxylation sites is 1. The Hall–Kier alpha value is -1.28. The molecule has 0 aliphatic rings. The molecule has 0 spiro atoms. The number of allylic oxidation sites excluding steroid dienone is 1. The van der Waals surface area contributed by atoms with Crippen molar-refractivity contribution < 1.29 is 0 Å². The predicted octanol–water partition coefficient (Wildman–Crippen LogP) is 2.88. The van der Waals surface area contributed by atoms with Crippen molar-refractivity contribution in [3.05, 3.63) is 42.2 Å². The fraction of sp³-hybridized carbons (Fsp3) is 0.100. The zero-order valence-corrected chi connectivity index (χ0v) is 7.83. The molecule has 2 nitrogen and oxygen atoms in total. The molecule has 0 aliphatic carbocycles. The Balaban J connectivity index is 2.67. The summed E-state index contributed by atoms with van der Waals surface area (Å²) in [5.41, 5.74) is 1.90. The number of aromatic nitrogens is 2. The Bertz CT molecular complexity index is 445. The number of nitrogens with zero attached hydrogens (tertiary/aromatic N) is 2. The van der Waals surface area contributed by atoms with Crippen molar-refractivity contribution in [2.45, 2.75) is 6.54 Å². The van der Waals surface area contributed by atoms with Crippen LogP contribution in [-0.2, 0) is 6.54 Å². The number of rotatable bonds is 2. The van der Waals surface area contributed by atoms with Crippen molar-refractivity contribution in [2.24, 2.45) is 0 Å². The smallest absolute Gasteiger partial charge is 0.107 e. The molecule has 0 saturated heterocycles. The van der Waals surface area contributed by atoms with Crippen molar-refractivity contribution in [3.63, 3.8) is 0 Å². The number of fused-ring (bicyclic) bond motifs is 1. The second kappa shape index (κ2) is 3.23. The van der Waals surface area contributed by atoms with Gasteiger partial charge in [0.05, 0.1) is 16.9 Å². The maximum Gasteiger partial charge on any atom is 0.107 e. The standard InChI is InChI=1S/C10H9ClN2/c1-2-6-13-7-12-10-8(11)4-3-5-9(10)13/h2-5,7H,1,6H2. The van der Waals surface area contributed by atoms with Crippen LogP contribution in [0.1, 0.15) is 0 Å². The first-order chi connectivity index (χ1) is 6.33. The largest absolute Gasteiger partial charge is 0.327 e. The molecule has 0 unspecified atom stereocenters. The summed E-state index contributed by atoms with van der Waals surface area (Å²) >= 11 is 5.97. The molecule has 3 heteroatoms. The van der Waals surface area contributed by atoms with Crippen molar-refractivity contribution in [2.75, 3.05) is 0 Å². The number of imidazole rings is 1. The summed E-state index contributed by atoms with van der Waals surface area (Å²) in [4.78, 5) is 4.22. The Kier molecular flexibility index (Phi) is 2.07. The summed E-state index contributed by atoms with van der Waals surface area (Å²) in [6, 6.07) is 5.76. The van der Waals surface area contributed by atoms with Gasteiger partial charge in [-0.05, 0) is 12.1 Å². The fourth-order valence-electron chi connectivity index (χ4n) is 1.34. The molecule has 13 heavy (non-hydrogen) atoms. The Morgan fingerprint density at radius 1 is 1.54 bits per heavy atom. The molecular formula is C10H9ClN2. The monoisotopic (exact) mass is 192 g/mol. The minimum absolute atomic E-state index is 0.695. The molecule has 1 aromatic carbocycles. The van der Waals surface area contributed by atoms with E-state index in [2.05, 4.69) is 11.6 Å². The zero-order valence-electron chi connectivity index (χ0n) is 7.07. The normalized spacial score (nSPS) is 10.5. The maximum atomic E-state index is 5.97. The van der Waals surface area contributed by atoms with E-state index in [-0.39, 0.29) is 0 Å². The SMILES string of the molecule is C=CCn1cnc2c(Cl)cccc21. The summed E-state index contributed by atoms with van der Waals surface area (Å²) in [6.07, 6.45) is 3.61. The van der Waals surface area contributed by atoms with E-state index in [9.17, 15) is 0 Å². The summed E-state index contributed by atoms with van der Waals surface area (Å²) < 4.78 is 2.01. The lowest BCUT2D eigenvalue weighted by atomic mass is 10.3. The third kappa shape index (κ3) is 1.33. The third-order valence-electron chi connectivity index (χ3n) is 1.93. The van der Waals surface area contributed by atoms with Crippen LogP contribution in [0, 0.1) is 0 Å². The van der Waals surface area contributed by atoms with Crippen LogP contribution < -0.4 is 0 Å². The van der Waals surface area contributed by atoms with Crippen molar-refractivity contribution in [1.29, 1.82) is 0 Å². The van der Waals surface area contributed by atoms with Crippen LogP contribution in [0.15, 0.2) is 37.2 Å². The zero-order chi connectivity index (χ0) is 9.26. The molecular weight excluding hydrogens is 184 g/mol. The maximum absolute atomic E-state index is 5.97. The molecule has 0 bridgehead atoms. The highest BCUT2D eigenvalue weighted by Crippen LogP contribution is 2.21. The lowest BCUT2D eigenvalue weighted by molar-refractivity contribution is 0.851. The Morgan fingerprint density at radius 2 is 2.38 bits per heavy atom. The Labute approximate surface area is 81.5 Å². The molecule has 0 radical (unpaired) electrons. The van der Waals surface area contributed by atoms with E-state index in [1.165, 1.54) is 0 Å². The summed E-state index contributed by atoms with van der Waals surface area (Å²) in [5.74, 6) is 0. The van der Waals surface area contributed by atoms with Gasteiger partial charge in [0.15, 0.2) is 0 Å². The molecule has 1 aromatic heterocycles. The lowest BCUT2D eigenvalue weighted by Gasteiger charge is -1.98. The molecule has 0 aliphatic heterocycles. The first-order valence-corrected chi connectivity index (χ1v) is 4.41. The number of hydrogen-bond acceptors (Lipinski definition) is 1. The van der Waals surface area contributed by atoms with Gasteiger partial charge in [-0.3, -0.25) is 0 Å². The van der Waals surface area contributed by atoms with Gasteiger partial charge >= 0.3 is 0 Å². The first kappa shape index (κ1) is 8.32. The van der Waals surface area contributed by atoms with Crippen LogP contribution in [0.4, 0.5) is 0 Å². The van der Waals surface area contributed by atoms with E-state index < -0.39 is 0 Å². The van der Waals surface area contributed by atoms with Crippen LogP contribution in [0.2, 0.25) is 5.02 Å². The van der Waals surface area contributed by atoms with Crippen LogP contribution in [0.25, 0.3) is 11.0 Å². The molecule has 0 fully saturated rings. The highest BCUT2D eigenvalue weighted by atomic mass is 35.5. The van der Waals surface area contributed by atoms with E-state index in [0.29, 0.717) is 5.02 Å². The van der Waals surface area contributed by atoms with E-state index in [0.717, 1.165) is 17.6 Å². The van der Waals surface area contributed by atoms with Crippen LogP contribution in [0.5, 0.6) is 0 Å². The minimum atomic E-state index is 0.695. The summed E-state index contributed by atoms with van der Waals surface area (Å²) in [6.45, 7) is 4.44. The average Bonchev–Trinajstić information content (AvgIpc) is 2.51. The first-order valence-electron chi connectivity index (χ1n) is 4.03. The van der Waals surface area contributed by atoms with Crippen LogP contribution >= 0.6 is 11.6 Å². The average molecular weight is 193 g/mol. The number of benzene rings is 1. The van der Waals surface area contributed by atoms with Crippen LogP contribution in [-0.4, -0.2) is 9.55 Å². The van der Waals surface area contributed by atoms with Gasteiger partial charge in [-0.1, -0.05) is 23.7 Å². The predicted molar refractivity (Wildman–Crippen MR) is 54.9 cm³/mol. The fourth-order valence-corrected chi connectivity index (χ4v) is 1.56. The van der Waals surface area contributed by atoms with Crippen molar-refractivity contribution in [3.8, 4) is 0 Å². The topological polar surface area (TPSA) is 17.8 Å². The molecule has 66 valence electrons. The Morgan fingerprint density at radius 3 is 3.15 bits per heavy atom. The minimum Gasteiger partial charge on any atom is -0.327 e. The lowest BCUT2D eigenvalue weighted by Crippen LogP contribution is -1.91. The van der Waals surface area contributed by atoms with E-state index in [4.69, 9.17) is 11.6 Å². The van der Waals surface area contributed by atoms with Gasteiger partial charge in [0, 0.05) is 6.54 Å². The van der Waals surface area contributed by atoms with Gasteiger partial charge in [0.1, 0.15) is 5.52 Å². The van der Waals surface area contributed by atoms with Gasteiger partial charge in [-0.25, -0.2) is 4.98 Å². The summed E-state index contributed by atoms with van der Waals surface area (Å²) in [5, 5.41) is 0.695. The van der Waals surface area contributed by atoms with Gasteiger partial charge in [-0.2, -0.15) is 0 Å². The highest BCUT2D eigenvalue weighted by Gasteiger charge is 2.03.